The molecular formula is C24H18F2N2O4S. The number of aryl methyl sites for hydroxylation is 1. The predicted octanol–water partition coefficient (Wildman–Crippen LogP) is 3.43. The molecule has 6 nitrogen and oxygen atoms in total. The summed E-state index contributed by atoms with van der Waals surface area (Å²) >= 11 is 0. The van der Waals surface area contributed by atoms with Crippen molar-refractivity contribution in [2.75, 3.05) is 15.6 Å². The number of carbonyl (C=O) groups excluding carboxylic acids is 2. The molecule has 0 aromatic heterocycles. The fourth-order valence-electron chi connectivity index (χ4n) is 4.57. The highest BCUT2D eigenvalue weighted by molar-refractivity contribution is 7.94. The number of fused-ring (bicyclic) bond motifs is 2. The molecule has 3 aromatic carbocycles. The number of sulfone groups is 1. The van der Waals surface area contributed by atoms with Crippen LogP contribution in [0, 0.1) is 18.6 Å². The van der Waals surface area contributed by atoms with Crippen LogP contribution in [0.2, 0.25) is 0 Å². The molecule has 1 spiro atoms. The number of nitrogens with zero attached hydrogens (tertiary/aromatic N) is 2. The van der Waals surface area contributed by atoms with Gasteiger partial charge in [-0.3, -0.25) is 14.5 Å². The molecule has 168 valence electrons. The first-order valence-corrected chi connectivity index (χ1v) is 11.8. The second kappa shape index (κ2) is 7.21. The van der Waals surface area contributed by atoms with Crippen LogP contribution in [0.1, 0.15) is 16.7 Å². The number of rotatable bonds is 3. The Morgan fingerprint density at radius 3 is 2.36 bits per heavy atom. The van der Waals surface area contributed by atoms with E-state index in [1.807, 2.05) is 0 Å². The molecule has 9 heteroatoms. The molecule has 0 N–H and O–H groups in total. The number of anilines is 2. The van der Waals surface area contributed by atoms with E-state index < -0.39 is 43.9 Å². The fourth-order valence-corrected chi connectivity index (χ4v) is 6.60. The van der Waals surface area contributed by atoms with E-state index in [0.717, 1.165) is 11.0 Å². The molecule has 3 aromatic rings. The highest BCUT2D eigenvalue weighted by Gasteiger charge is 2.69. The number of amides is 2. The number of hydrogen-bond acceptors (Lipinski definition) is 4. The van der Waals surface area contributed by atoms with Crippen LogP contribution in [0.15, 0.2) is 66.7 Å². The van der Waals surface area contributed by atoms with Crippen molar-refractivity contribution in [3.8, 4) is 0 Å². The van der Waals surface area contributed by atoms with Crippen LogP contribution in [0.3, 0.4) is 0 Å². The molecule has 0 radical (unpaired) electrons. The summed E-state index contributed by atoms with van der Waals surface area (Å²) in [6, 6.07) is 15.9. The molecule has 0 aliphatic carbocycles. The lowest BCUT2D eigenvalue weighted by atomic mass is 10.0. The Labute approximate surface area is 189 Å². The topological polar surface area (TPSA) is 74.8 Å². The molecule has 0 unspecified atom stereocenters. The molecule has 0 saturated carbocycles. The third-order valence-electron chi connectivity index (χ3n) is 6.12. The average molecular weight is 468 g/mol. The van der Waals surface area contributed by atoms with Gasteiger partial charge in [-0.15, -0.1) is 0 Å². The van der Waals surface area contributed by atoms with Gasteiger partial charge in [-0.25, -0.2) is 17.2 Å². The first kappa shape index (κ1) is 21.3. The Balaban J connectivity index is 1.75. The van der Waals surface area contributed by atoms with E-state index >= 15 is 0 Å². The van der Waals surface area contributed by atoms with Crippen LogP contribution in [0.4, 0.5) is 20.2 Å². The van der Waals surface area contributed by atoms with Crippen molar-refractivity contribution in [3.63, 3.8) is 0 Å². The van der Waals surface area contributed by atoms with Crippen LogP contribution in [0.25, 0.3) is 0 Å². The first-order valence-electron chi connectivity index (χ1n) is 10.1. The van der Waals surface area contributed by atoms with E-state index in [4.69, 9.17) is 0 Å². The van der Waals surface area contributed by atoms with Crippen LogP contribution in [-0.4, -0.2) is 26.0 Å². The Hall–Kier alpha value is -3.59. The second-order valence-corrected chi connectivity index (χ2v) is 10.2. The van der Waals surface area contributed by atoms with E-state index in [0.29, 0.717) is 5.56 Å². The van der Waals surface area contributed by atoms with Gasteiger partial charge < -0.3 is 4.90 Å². The minimum atomic E-state index is -4.38. The Bertz CT molecular complexity index is 1440. The average Bonchev–Trinajstić information content (AvgIpc) is 3.14. The molecular weight excluding hydrogens is 450 g/mol. The lowest BCUT2D eigenvalue weighted by molar-refractivity contribution is -0.123. The van der Waals surface area contributed by atoms with Gasteiger partial charge in [0.15, 0.2) is 9.84 Å². The van der Waals surface area contributed by atoms with Crippen molar-refractivity contribution < 1.29 is 26.8 Å². The van der Waals surface area contributed by atoms with Crippen LogP contribution >= 0.6 is 0 Å². The summed E-state index contributed by atoms with van der Waals surface area (Å²) in [5, 5.41) is 0. The van der Waals surface area contributed by atoms with Crippen molar-refractivity contribution >= 4 is 33.0 Å². The Morgan fingerprint density at radius 2 is 1.64 bits per heavy atom. The zero-order valence-electron chi connectivity index (χ0n) is 17.5. The Kier molecular flexibility index (Phi) is 4.65. The maximum absolute atomic E-state index is 14.4. The third-order valence-corrected chi connectivity index (χ3v) is 8.23. The van der Waals surface area contributed by atoms with Gasteiger partial charge in [-0.1, -0.05) is 42.5 Å². The SMILES string of the molecule is Cc1ccc(N2C(=O)CS(=O)(=O)[C@]23C(=O)N(Cc2ccccc2F)c2ccccc23)cc1F. The lowest BCUT2D eigenvalue weighted by Gasteiger charge is -2.32. The molecule has 0 bridgehead atoms. The molecule has 1 atom stereocenters. The van der Waals surface area contributed by atoms with Crippen molar-refractivity contribution in [3.05, 3.63) is 95.1 Å². The van der Waals surface area contributed by atoms with Crippen molar-refractivity contribution in [1.82, 2.24) is 0 Å². The van der Waals surface area contributed by atoms with E-state index in [2.05, 4.69) is 0 Å². The maximum Gasteiger partial charge on any atom is 0.274 e. The predicted molar refractivity (Wildman–Crippen MR) is 118 cm³/mol. The summed E-state index contributed by atoms with van der Waals surface area (Å²) in [5.41, 5.74) is 0.786. The normalized spacial score (nSPS) is 21.2. The molecule has 2 heterocycles. The summed E-state index contributed by atoms with van der Waals surface area (Å²) < 4.78 is 55.8. The molecule has 2 aliphatic rings. The van der Waals surface area contributed by atoms with Gasteiger partial charge >= 0.3 is 0 Å². The molecule has 1 saturated heterocycles. The van der Waals surface area contributed by atoms with E-state index in [-0.39, 0.29) is 29.0 Å². The smallest absolute Gasteiger partial charge is 0.274 e. The molecule has 1 fully saturated rings. The highest BCUT2D eigenvalue weighted by Crippen LogP contribution is 2.52. The monoisotopic (exact) mass is 468 g/mol. The van der Waals surface area contributed by atoms with E-state index in [1.54, 1.807) is 24.3 Å². The quantitative estimate of drug-likeness (QED) is 0.590. The first-order chi connectivity index (χ1) is 15.7. The van der Waals surface area contributed by atoms with Crippen molar-refractivity contribution in [1.29, 1.82) is 0 Å². The largest absolute Gasteiger partial charge is 0.304 e. The molecule has 2 amide bonds. The zero-order valence-corrected chi connectivity index (χ0v) is 18.3. The third kappa shape index (κ3) is 2.85. The lowest BCUT2D eigenvalue weighted by Crippen LogP contribution is -2.54. The highest BCUT2D eigenvalue weighted by atomic mass is 32.2. The van der Waals surface area contributed by atoms with Crippen LogP contribution in [-0.2, 0) is 30.8 Å². The standard InChI is InChI=1S/C24H18F2N2O4S/c1-15-10-11-17(12-20(15)26)28-22(29)14-33(31,32)24(28)18-7-3-5-9-21(18)27(23(24)30)13-16-6-2-4-8-19(16)25/h2-12H,13-14H2,1H3/t24-/m1/s1. The summed E-state index contributed by atoms with van der Waals surface area (Å²) in [4.78, 5) is 26.6. The van der Waals surface area contributed by atoms with Crippen molar-refractivity contribution in [2.45, 2.75) is 18.3 Å². The van der Waals surface area contributed by atoms with Crippen LogP contribution in [0.5, 0.6) is 0 Å². The van der Waals surface area contributed by atoms with E-state index in [1.165, 1.54) is 48.2 Å². The fraction of sp³-hybridized carbons (Fsp3) is 0.167. The number of halogens is 2. The van der Waals surface area contributed by atoms with Gasteiger partial charge in [0.05, 0.1) is 12.2 Å². The minimum absolute atomic E-state index is 0.0416. The van der Waals surface area contributed by atoms with Gasteiger partial charge in [0, 0.05) is 16.8 Å². The zero-order chi connectivity index (χ0) is 23.5. The molecule has 33 heavy (non-hydrogen) atoms. The number of carbonyl (C=O) groups is 2. The van der Waals surface area contributed by atoms with Crippen molar-refractivity contribution in [2.24, 2.45) is 0 Å². The maximum atomic E-state index is 14.4. The summed E-state index contributed by atoms with van der Waals surface area (Å²) in [5.74, 6) is -3.84. The van der Waals surface area contributed by atoms with Gasteiger partial charge in [-0.2, -0.15) is 0 Å². The van der Waals surface area contributed by atoms with Gasteiger partial charge in [0.1, 0.15) is 17.4 Å². The van der Waals surface area contributed by atoms with Gasteiger partial charge in [0.2, 0.25) is 5.91 Å². The molecule has 5 rings (SSSR count). The van der Waals surface area contributed by atoms with Gasteiger partial charge in [0.25, 0.3) is 10.8 Å². The van der Waals surface area contributed by atoms with E-state index in [9.17, 15) is 26.8 Å². The minimum Gasteiger partial charge on any atom is -0.304 e. The number of benzene rings is 3. The molecule has 2 aliphatic heterocycles. The summed E-state index contributed by atoms with van der Waals surface area (Å²) in [6.45, 7) is 1.30. The number of para-hydroxylation sites is 1. The summed E-state index contributed by atoms with van der Waals surface area (Å²) in [6.07, 6.45) is 0. The summed E-state index contributed by atoms with van der Waals surface area (Å²) in [7, 11) is -4.38. The van der Waals surface area contributed by atoms with Crippen LogP contribution < -0.4 is 9.80 Å². The second-order valence-electron chi connectivity index (χ2n) is 8.07. The van der Waals surface area contributed by atoms with Gasteiger partial charge in [-0.05, 0) is 36.8 Å². The number of hydrogen-bond donors (Lipinski definition) is 0. The Morgan fingerprint density at radius 1 is 0.939 bits per heavy atom.